The van der Waals surface area contributed by atoms with E-state index in [-0.39, 0.29) is 5.91 Å². The first-order valence-electron chi connectivity index (χ1n) is 5.30. The van der Waals surface area contributed by atoms with Gasteiger partial charge in [-0.05, 0) is 34.5 Å². The van der Waals surface area contributed by atoms with Crippen LogP contribution >= 0.6 is 11.3 Å². The van der Waals surface area contributed by atoms with Crippen LogP contribution in [-0.4, -0.2) is 13.0 Å². The number of nitrogen functional groups attached to an aromatic ring is 1. The number of benzene rings is 1. The van der Waals surface area contributed by atoms with Gasteiger partial charge in [-0.25, -0.2) is 0 Å². The van der Waals surface area contributed by atoms with E-state index in [1.54, 1.807) is 29.4 Å². The lowest BCUT2D eigenvalue weighted by Crippen LogP contribution is -2.28. The second-order valence-electron chi connectivity index (χ2n) is 3.82. The molecule has 0 spiro atoms. The monoisotopic (exact) mass is 246 g/mol. The molecule has 0 aliphatic rings. The van der Waals surface area contributed by atoms with E-state index in [4.69, 9.17) is 5.73 Å². The predicted octanol–water partition coefficient (Wildman–Crippen LogP) is 2.54. The second kappa shape index (κ2) is 5.01. The van der Waals surface area contributed by atoms with Crippen molar-refractivity contribution in [2.24, 2.45) is 0 Å². The Morgan fingerprint density at radius 3 is 2.76 bits per heavy atom. The van der Waals surface area contributed by atoms with Gasteiger partial charge in [-0.1, -0.05) is 12.1 Å². The van der Waals surface area contributed by atoms with Gasteiger partial charge < -0.3 is 10.6 Å². The molecule has 17 heavy (non-hydrogen) atoms. The molecule has 0 unspecified atom stereocenters. The minimum absolute atomic E-state index is 0.0429. The van der Waals surface area contributed by atoms with Gasteiger partial charge in [0.2, 0.25) is 5.91 Å². The number of amides is 1. The van der Waals surface area contributed by atoms with Crippen LogP contribution in [0, 0.1) is 0 Å². The SMILES string of the molecule is CN(C(=O)Cc1ccsc1)c1ccccc1N. The lowest BCUT2D eigenvalue weighted by atomic mass is 10.2. The summed E-state index contributed by atoms with van der Waals surface area (Å²) < 4.78 is 0. The number of thiophene rings is 1. The van der Waals surface area contributed by atoms with Crippen molar-refractivity contribution in [3.8, 4) is 0 Å². The Morgan fingerprint density at radius 1 is 1.35 bits per heavy atom. The van der Waals surface area contributed by atoms with E-state index in [0.717, 1.165) is 11.3 Å². The molecule has 2 aromatic rings. The molecule has 0 aliphatic heterocycles. The van der Waals surface area contributed by atoms with E-state index in [1.807, 2.05) is 35.0 Å². The molecule has 0 atom stereocenters. The standard InChI is InChI=1S/C13H14N2OS/c1-15(12-5-3-2-4-11(12)14)13(16)8-10-6-7-17-9-10/h2-7,9H,8,14H2,1H3. The molecule has 0 saturated carbocycles. The van der Waals surface area contributed by atoms with Crippen molar-refractivity contribution in [1.82, 2.24) is 0 Å². The van der Waals surface area contributed by atoms with E-state index < -0.39 is 0 Å². The maximum atomic E-state index is 12.0. The van der Waals surface area contributed by atoms with Crippen LogP contribution in [0.15, 0.2) is 41.1 Å². The number of rotatable bonds is 3. The zero-order valence-corrected chi connectivity index (χ0v) is 10.4. The van der Waals surface area contributed by atoms with Crippen molar-refractivity contribution in [2.75, 3.05) is 17.7 Å². The third-order valence-electron chi connectivity index (χ3n) is 2.61. The molecule has 3 nitrogen and oxygen atoms in total. The van der Waals surface area contributed by atoms with E-state index in [1.165, 1.54) is 0 Å². The maximum Gasteiger partial charge on any atom is 0.231 e. The minimum Gasteiger partial charge on any atom is -0.397 e. The number of hydrogen-bond acceptors (Lipinski definition) is 3. The van der Waals surface area contributed by atoms with Crippen LogP contribution < -0.4 is 10.6 Å². The van der Waals surface area contributed by atoms with E-state index >= 15 is 0 Å². The average Bonchev–Trinajstić information content (AvgIpc) is 2.81. The number of para-hydroxylation sites is 2. The highest BCUT2D eigenvalue weighted by Crippen LogP contribution is 2.22. The van der Waals surface area contributed by atoms with Gasteiger partial charge in [0, 0.05) is 7.05 Å². The largest absolute Gasteiger partial charge is 0.397 e. The van der Waals surface area contributed by atoms with Gasteiger partial charge in [0.15, 0.2) is 0 Å². The van der Waals surface area contributed by atoms with Crippen LogP contribution in [0.4, 0.5) is 11.4 Å². The summed E-state index contributed by atoms with van der Waals surface area (Å²) in [7, 11) is 1.75. The zero-order chi connectivity index (χ0) is 12.3. The molecule has 2 rings (SSSR count). The molecule has 0 aliphatic carbocycles. The Morgan fingerprint density at radius 2 is 2.12 bits per heavy atom. The van der Waals surface area contributed by atoms with E-state index in [2.05, 4.69) is 0 Å². The van der Waals surface area contributed by atoms with Gasteiger partial charge in [-0.15, -0.1) is 0 Å². The first-order chi connectivity index (χ1) is 8.18. The predicted molar refractivity (Wildman–Crippen MR) is 72.3 cm³/mol. The van der Waals surface area contributed by atoms with Crippen LogP contribution in [0.3, 0.4) is 0 Å². The summed E-state index contributed by atoms with van der Waals surface area (Å²) in [6.07, 6.45) is 0.411. The quantitative estimate of drug-likeness (QED) is 0.846. The average molecular weight is 246 g/mol. The fourth-order valence-corrected chi connectivity index (χ4v) is 2.28. The molecule has 1 amide bonds. The van der Waals surface area contributed by atoms with Gasteiger partial charge in [-0.3, -0.25) is 4.79 Å². The molecule has 1 heterocycles. The third kappa shape index (κ3) is 2.65. The number of nitrogens with two attached hydrogens (primary N) is 1. The highest BCUT2D eigenvalue weighted by molar-refractivity contribution is 7.08. The van der Waals surface area contributed by atoms with Gasteiger partial charge in [-0.2, -0.15) is 11.3 Å². The summed E-state index contributed by atoms with van der Waals surface area (Å²) in [4.78, 5) is 13.6. The smallest absolute Gasteiger partial charge is 0.231 e. The molecule has 0 bridgehead atoms. The number of hydrogen-bond donors (Lipinski definition) is 1. The molecular weight excluding hydrogens is 232 g/mol. The summed E-state index contributed by atoms with van der Waals surface area (Å²) in [5, 5.41) is 3.96. The van der Waals surface area contributed by atoms with Gasteiger partial charge in [0.05, 0.1) is 17.8 Å². The molecule has 2 N–H and O–H groups in total. The Bertz CT molecular complexity index is 508. The van der Waals surface area contributed by atoms with Crippen molar-refractivity contribution < 1.29 is 4.79 Å². The Labute approximate surface area is 104 Å². The summed E-state index contributed by atoms with van der Waals surface area (Å²) in [6, 6.07) is 9.34. The number of likely N-dealkylation sites (N-methyl/N-ethyl adjacent to an activating group) is 1. The Kier molecular flexibility index (Phi) is 3.44. The topological polar surface area (TPSA) is 46.3 Å². The van der Waals surface area contributed by atoms with E-state index in [0.29, 0.717) is 12.1 Å². The summed E-state index contributed by atoms with van der Waals surface area (Å²) in [5.74, 6) is 0.0429. The van der Waals surface area contributed by atoms with Crippen molar-refractivity contribution in [3.05, 3.63) is 46.7 Å². The van der Waals surface area contributed by atoms with Crippen LogP contribution in [-0.2, 0) is 11.2 Å². The fourth-order valence-electron chi connectivity index (χ4n) is 1.61. The molecule has 4 heteroatoms. The van der Waals surface area contributed by atoms with Crippen LogP contribution in [0.1, 0.15) is 5.56 Å². The zero-order valence-electron chi connectivity index (χ0n) is 9.59. The molecule has 1 aromatic heterocycles. The van der Waals surface area contributed by atoms with Crippen LogP contribution in [0.2, 0.25) is 0 Å². The van der Waals surface area contributed by atoms with Gasteiger partial charge in [0.25, 0.3) is 0 Å². The number of nitrogens with zero attached hydrogens (tertiary/aromatic N) is 1. The number of carbonyl (C=O) groups excluding carboxylic acids is 1. The highest BCUT2D eigenvalue weighted by atomic mass is 32.1. The van der Waals surface area contributed by atoms with Crippen molar-refractivity contribution in [2.45, 2.75) is 6.42 Å². The van der Waals surface area contributed by atoms with Crippen molar-refractivity contribution >= 4 is 28.6 Å². The van der Waals surface area contributed by atoms with Crippen molar-refractivity contribution in [3.63, 3.8) is 0 Å². The lowest BCUT2D eigenvalue weighted by molar-refractivity contribution is -0.117. The first kappa shape index (κ1) is 11.7. The summed E-state index contributed by atoms with van der Waals surface area (Å²) in [5.41, 5.74) is 8.26. The molecule has 1 aromatic carbocycles. The Balaban J connectivity index is 2.12. The van der Waals surface area contributed by atoms with Crippen LogP contribution in [0.5, 0.6) is 0 Å². The molecule has 0 fully saturated rings. The molecule has 0 saturated heterocycles. The fraction of sp³-hybridized carbons (Fsp3) is 0.154. The third-order valence-corrected chi connectivity index (χ3v) is 3.34. The lowest BCUT2D eigenvalue weighted by Gasteiger charge is -2.18. The second-order valence-corrected chi connectivity index (χ2v) is 4.60. The van der Waals surface area contributed by atoms with E-state index in [9.17, 15) is 4.79 Å². The summed E-state index contributed by atoms with van der Waals surface area (Å²) in [6.45, 7) is 0. The normalized spacial score (nSPS) is 10.2. The molecule has 88 valence electrons. The van der Waals surface area contributed by atoms with Crippen LogP contribution in [0.25, 0.3) is 0 Å². The number of carbonyl (C=O) groups is 1. The maximum absolute atomic E-state index is 12.0. The minimum atomic E-state index is 0.0429. The van der Waals surface area contributed by atoms with Crippen molar-refractivity contribution in [1.29, 1.82) is 0 Å². The van der Waals surface area contributed by atoms with Gasteiger partial charge in [0.1, 0.15) is 0 Å². The Hall–Kier alpha value is -1.81. The molecule has 0 radical (unpaired) electrons. The highest BCUT2D eigenvalue weighted by Gasteiger charge is 2.13. The van der Waals surface area contributed by atoms with Gasteiger partial charge >= 0.3 is 0 Å². The first-order valence-corrected chi connectivity index (χ1v) is 6.25. The number of anilines is 2. The summed E-state index contributed by atoms with van der Waals surface area (Å²) >= 11 is 1.60. The molecular formula is C13H14N2OS.